The van der Waals surface area contributed by atoms with E-state index in [-0.39, 0.29) is 15.2 Å². The van der Waals surface area contributed by atoms with Gasteiger partial charge >= 0.3 is 0 Å². The van der Waals surface area contributed by atoms with Gasteiger partial charge in [-0.25, -0.2) is 0 Å². The molecule has 0 spiro atoms. The van der Waals surface area contributed by atoms with E-state index >= 15 is 0 Å². The molecular formula is C5H9N3OS4. The molecule has 74 valence electrons. The van der Waals surface area contributed by atoms with E-state index in [1.165, 1.54) is 0 Å². The molecule has 0 aromatic carbocycles. The van der Waals surface area contributed by atoms with E-state index in [0.29, 0.717) is 0 Å². The van der Waals surface area contributed by atoms with Crippen molar-refractivity contribution in [1.82, 2.24) is 10.6 Å². The second kappa shape index (κ2) is 6.41. The lowest BCUT2D eigenvalue weighted by Gasteiger charge is -2.15. The lowest BCUT2D eigenvalue weighted by Crippen LogP contribution is -2.49. The van der Waals surface area contributed by atoms with Crippen LogP contribution >= 0.6 is 49.7 Å². The summed E-state index contributed by atoms with van der Waals surface area (Å²) in [7, 11) is 0. The van der Waals surface area contributed by atoms with Crippen molar-refractivity contribution < 1.29 is 4.79 Å². The Bertz CT molecular complexity index is 232. The minimum atomic E-state index is -0.630. The first kappa shape index (κ1) is 12.9. The molecule has 0 bridgehead atoms. The van der Waals surface area contributed by atoms with Gasteiger partial charge in [-0.2, -0.15) is 0 Å². The van der Waals surface area contributed by atoms with Gasteiger partial charge in [-0.1, -0.05) is 24.4 Å². The summed E-state index contributed by atoms with van der Waals surface area (Å²) in [6.07, 6.45) is 0. The van der Waals surface area contributed by atoms with Crippen molar-refractivity contribution in [3.63, 3.8) is 0 Å². The molecule has 1 atom stereocenters. The number of carbonyl (C=O) groups is 1. The molecule has 1 unspecified atom stereocenters. The Hall–Kier alpha value is -0.0500. The number of rotatable bonds is 4. The summed E-state index contributed by atoms with van der Waals surface area (Å²) in [5.41, 5.74) is 5.07. The number of primary amides is 1. The molecule has 1 amide bonds. The van der Waals surface area contributed by atoms with Crippen molar-refractivity contribution >= 4 is 64.2 Å². The van der Waals surface area contributed by atoms with Crippen LogP contribution in [0, 0.1) is 0 Å². The fourth-order valence-electron chi connectivity index (χ4n) is 0.561. The van der Waals surface area contributed by atoms with E-state index in [9.17, 15) is 4.79 Å². The van der Waals surface area contributed by atoms with Crippen LogP contribution in [0.4, 0.5) is 0 Å². The molecule has 0 heterocycles. The summed E-state index contributed by atoms with van der Waals surface area (Å²) in [5, 5.41) is 5.27. The van der Waals surface area contributed by atoms with Crippen LogP contribution in [0.1, 0.15) is 0 Å². The molecule has 0 aromatic heterocycles. The standard InChI is InChI=1S/C5H9N3OS4/c6-3(9)2(8-5(12)13)1-7-4(10)11/h2H,1H2,(H2,6,9)(H2,7,10,11)(H2,8,12,13). The van der Waals surface area contributed by atoms with Gasteiger partial charge in [0.1, 0.15) is 14.7 Å². The highest BCUT2D eigenvalue weighted by molar-refractivity contribution is 8.11. The Morgan fingerprint density at radius 1 is 1.38 bits per heavy atom. The molecule has 0 aliphatic carbocycles. The van der Waals surface area contributed by atoms with Crippen LogP contribution in [-0.4, -0.2) is 27.1 Å². The van der Waals surface area contributed by atoms with Crippen LogP contribution in [0.5, 0.6) is 0 Å². The van der Waals surface area contributed by atoms with E-state index in [4.69, 9.17) is 5.73 Å². The quantitative estimate of drug-likeness (QED) is 0.344. The molecule has 0 aliphatic heterocycles. The highest BCUT2D eigenvalue weighted by Crippen LogP contribution is 1.87. The molecule has 0 rings (SSSR count). The third-order valence-corrected chi connectivity index (χ3v) is 1.65. The fourth-order valence-corrected chi connectivity index (χ4v) is 1.03. The van der Waals surface area contributed by atoms with E-state index in [2.05, 4.69) is 60.3 Å². The predicted octanol–water partition coefficient (Wildman–Crippen LogP) is -0.551. The Morgan fingerprint density at radius 2 is 1.92 bits per heavy atom. The van der Waals surface area contributed by atoms with Gasteiger partial charge in [0, 0.05) is 6.54 Å². The van der Waals surface area contributed by atoms with Gasteiger partial charge in [-0.3, -0.25) is 4.79 Å². The molecule has 0 radical (unpaired) electrons. The molecule has 0 aromatic rings. The number of nitrogens with two attached hydrogens (primary N) is 1. The number of nitrogens with one attached hydrogen (secondary N) is 2. The van der Waals surface area contributed by atoms with E-state index in [1.807, 2.05) is 0 Å². The highest BCUT2D eigenvalue weighted by atomic mass is 32.1. The minimum absolute atomic E-state index is 0.204. The summed E-state index contributed by atoms with van der Waals surface area (Å²) in [6, 6.07) is -0.630. The zero-order valence-corrected chi connectivity index (χ0v) is 9.90. The fraction of sp³-hybridized carbons (Fsp3) is 0.400. The average molecular weight is 255 g/mol. The van der Waals surface area contributed by atoms with Crippen LogP contribution in [0.2, 0.25) is 0 Å². The third kappa shape index (κ3) is 7.05. The van der Waals surface area contributed by atoms with Crippen LogP contribution in [0.25, 0.3) is 0 Å². The van der Waals surface area contributed by atoms with Gasteiger partial charge in [0.05, 0.1) is 0 Å². The summed E-state index contributed by atoms with van der Waals surface area (Å²) < 4.78 is 0.494. The maximum Gasteiger partial charge on any atom is 0.241 e. The number of hydrogen-bond acceptors (Lipinski definition) is 3. The first-order valence-corrected chi connectivity index (χ1v) is 4.90. The third-order valence-electron chi connectivity index (χ3n) is 1.10. The smallest absolute Gasteiger partial charge is 0.241 e. The molecule has 8 heteroatoms. The van der Waals surface area contributed by atoms with Gasteiger partial charge in [0.2, 0.25) is 5.91 Å². The number of hydrogen-bond donors (Lipinski definition) is 5. The largest absolute Gasteiger partial charge is 0.369 e. The van der Waals surface area contributed by atoms with Crippen LogP contribution in [0.15, 0.2) is 0 Å². The topological polar surface area (TPSA) is 67.2 Å². The van der Waals surface area contributed by atoms with Crippen molar-refractivity contribution in [2.75, 3.05) is 6.54 Å². The Kier molecular flexibility index (Phi) is 6.39. The molecule has 0 saturated carbocycles. The Morgan fingerprint density at radius 3 is 2.23 bits per heavy atom. The lowest BCUT2D eigenvalue weighted by atomic mass is 10.3. The van der Waals surface area contributed by atoms with Gasteiger partial charge in [-0.05, 0) is 0 Å². The maximum absolute atomic E-state index is 10.8. The lowest BCUT2D eigenvalue weighted by molar-refractivity contribution is -0.119. The summed E-state index contributed by atoms with van der Waals surface area (Å²) in [4.78, 5) is 10.8. The molecule has 13 heavy (non-hydrogen) atoms. The number of thiocarbonyl (C=S) groups is 2. The van der Waals surface area contributed by atoms with Crippen LogP contribution in [-0.2, 0) is 4.79 Å². The van der Waals surface area contributed by atoms with Gasteiger partial charge in [0.25, 0.3) is 0 Å². The molecular weight excluding hydrogens is 246 g/mol. The van der Waals surface area contributed by atoms with E-state index < -0.39 is 11.9 Å². The molecule has 0 saturated heterocycles. The average Bonchev–Trinajstić information content (AvgIpc) is 1.96. The van der Waals surface area contributed by atoms with E-state index in [0.717, 1.165) is 0 Å². The molecule has 4 nitrogen and oxygen atoms in total. The monoisotopic (exact) mass is 255 g/mol. The van der Waals surface area contributed by atoms with Crippen molar-refractivity contribution in [2.45, 2.75) is 6.04 Å². The number of amides is 1. The summed E-state index contributed by atoms with van der Waals surface area (Å²) in [6.45, 7) is 0.234. The van der Waals surface area contributed by atoms with Gasteiger partial charge < -0.3 is 16.4 Å². The Labute approximate surface area is 97.8 Å². The second-order valence-corrected chi connectivity index (χ2v) is 4.41. The van der Waals surface area contributed by atoms with Crippen molar-refractivity contribution in [2.24, 2.45) is 5.73 Å². The Balaban J connectivity index is 4.02. The van der Waals surface area contributed by atoms with E-state index in [1.54, 1.807) is 0 Å². The summed E-state index contributed by atoms with van der Waals surface area (Å²) in [5.74, 6) is -0.534. The zero-order chi connectivity index (χ0) is 10.4. The highest BCUT2D eigenvalue weighted by Gasteiger charge is 2.14. The molecule has 4 N–H and O–H groups in total. The van der Waals surface area contributed by atoms with Gasteiger partial charge in [-0.15, -0.1) is 25.3 Å². The predicted molar refractivity (Wildman–Crippen MR) is 67.3 cm³/mol. The SMILES string of the molecule is NC(=O)C(CNC(=S)S)NC(=S)S. The van der Waals surface area contributed by atoms with Crippen molar-refractivity contribution in [3.05, 3.63) is 0 Å². The first-order valence-electron chi connectivity index (χ1n) is 3.19. The minimum Gasteiger partial charge on any atom is -0.369 e. The van der Waals surface area contributed by atoms with Crippen LogP contribution in [0.3, 0.4) is 0 Å². The number of thiol groups is 2. The van der Waals surface area contributed by atoms with Crippen molar-refractivity contribution in [3.8, 4) is 0 Å². The normalized spacial score (nSPS) is 11.5. The molecule has 0 aliphatic rings. The van der Waals surface area contributed by atoms with Crippen molar-refractivity contribution in [1.29, 1.82) is 0 Å². The zero-order valence-electron chi connectivity index (χ0n) is 6.48. The summed E-state index contributed by atoms with van der Waals surface area (Å²) >= 11 is 16.9. The number of carbonyl (C=O) groups excluding carboxylic acids is 1. The van der Waals surface area contributed by atoms with Gasteiger partial charge in [0.15, 0.2) is 0 Å². The molecule has 0 fully saturated rings. The maximum atomic E-state index is 10.8. The first-order chi connectivity index (χ1) is 5.93. The van der Waals surface area contributed by atoms with Crippen LogP contribution < -0.4 is 16.4 Å². The second-order valence-electron chi connectivity index (χ2n) is 2.09.